The summed E-state index contributed by atoms with van der Waals surface area (Å²) >= 11 is 0. The van der Waals surface area contributed by atoms with Gasteiger partial charge in [0.2, 0.25) is 0 Å². The van der Waals surface area contributed by atoms with E-state index < -0.39 is 0 Å². The zero-order valence-electron chi connectivity index (χ0n) is 11.9. The molecule has 2 heterocycles. The van der Waals surface area contributed by atoms with Crippen LogP contribution in [-0.2, 0) is 9.47 Å². The molecule has 0 amide bonds. The highest BCUT2D eigenvalue weighted by Gasteiger charge is 2.30. The summed E-state index contributed by atoms with van der Waals surface area (Å²) in [6.07, 6.45) is 11.9. The molecule has 0 aromatic carbocycles. The molecule has 0 N–H and O–H groups in total. The number of methoxy groups -OCH3 is 2. The highest BCUT2D eigenvalue weighted by atomic mass is 31.1. The van der Waals surface area contributed by atoms with Gasteiger partial charge in [0.05, 0.1) is 13.2 Å². The Morgan fingerprint density at radius 3 is 1.67 bits per heavy atom. The number of rotatable bonds is 7. The van der Waals surface area contributed by atoms with E-state index in [9.17, 15) is 0 Å². The molecule has 2 rings (SSSR count). The molecule has 4 atom stereocenters. The van der Waals surface area contributed by atoms with E-state index in [1.807, 2.05) is 14.2 Å². The lowest BCUT2D eigenvalue weighted by atomic mass is 10.3. The normalized spacial score (nSPS) is 36.3. The van der Waals surface area contributed by atoms with Crippen molar-refractivity contribution in [3.63, 3.8) is 0 Å². The highest BCUT2D eigenvalue weighted by molar-refractivity contribution is 7.62. The molecule has 0 spiro atoms. The van der Waals surface area contributed by atoms with Crippen LogP contribution in [0, 0.1) is 0 Å². The van der Waals surface area contributed by atoms with E-state index in [0.717, 1.165) is 24.5 Å². The Balaban J connectivity index is 1.73. The summed E-state index contributed by atoms with van der Waals surface area (Å²) in [6, 6.07) is 0. The Morgan fingerprint density at radius 2 is 1.28 bits per heavy atom. The fraction of sp³-hybridized carbons (Fsp3) is 1.00. The SMILES string of the molecule is COC[C@H]1CCCP1CCP1CCC[C@@H]1COC. The van der Waals surface area contributed by atoms with Crippen LogP contribution in [0.15, 0.2) is 0 Å². The van der Waals surface area contributed by atoms with Gasteiger partial charge in [-0.05, 0) is 50.3 Å². The standard InChI is InChI=1S/C14H28O2P2/c1-15-11-13-5-3-7-17(13)9-10-18-8-4-6-14(18)12-16-2/h13-14H,3-12H2,1-2H3/t13-,14-,17?,18?/m1/s1. The molecular formula is C14H28O2P2. The van der Waals surface area contributed by atoms with Crippen LogP contribution in [-0.4, -0.2) is 63.4 Å². The minimum atomic E-state index is 0.291. The van der Waals surface area contributed by atoms with Crippen molar-refractivity contribution in [3.8, 4) is 0 Å². The van der Waals surface area contributed by atoms with E-state index >= 15 is 0 Å². The third kappa shape index (κ3) is 4.14. The molecule has 4 heteroatoms. The van der Waals surface area contributed by atoms with Crippen molar-refractivity contribution in [3.05, 3.63) is 0 Å². The lowest BCUT2D eigenvalue weighted by Crippen LogP contribution is -2.13. The van der Waals surface area contributed by atoms with Crippen LogP contribution in [0.3, 0.4) is 0 Å². The molecule has 2 aliphatic heterocycles. The second-order valence-electron chi connectivity index (χ2n) is 5.57. The van der Waals surface area contributed by atoms with E-state index in [1.54, 1.807) is 0 Å². The van der Waals surface area contributed by atoms with E-state index in [0.29, 0.717) is 15.8 Å². The summed E-state index contributed by atoms with van der Waals surface area (Å²) in [7, 11) is 4.31. The predicted molar refractivity (Wildman–Crippen MR) is 83.1 cm³/mol. The summed E-state index contributed by atoms with van der Waals surface area (Å²) in [4.78, 5) is 0. The fourth-order valence-electron chi connectivity index (χ4n) is 3.40. The predicted octanol–water partition coefficient (Wildman–Crippen LogP) is 3.57. The molecule has 0 saturated carbocycles. The lowest BCUT2D eigenvalue weighted by Gasteiger charge is -2.24. The quantitative estimate of drug-likeness (QED) is 0.667. The molecule has 2 aliphatic rings. The van der Waals surface area contributed by atoms with Crippen LogP contribution in [0.2, 0.25) is 0 Å². The molecule has 106 valence electrons. The molecule has 18 heavy (non-hydrogen) atoms. The molecule has 0 radical (unpaired) electrons. The first-order valence-corrected chi connectivity index (χ1v) is 10.9. The molecular weight excluding hydrogens is 262 g/mol. The first-order valence-electron chi connectivity index (χ1n) is 7.31. The zero-order valence-corrected chi connectivity index (χ0v) is 13.7. The van der Waals surface area contributed by atoms with Crippen molar-refractivity contribution in [2.45, 2.75) is 37.0 Å². The molecule has 2 saturated heterocycles. The minimum absolute atomic E-state index is 0.291. The van der Waals surface area contributed by atoms with E-state index in [-0.39, 0.29) is 0 Å². The lowest BCUT2D eigenvalue weighted by molar-refractivity contribution is 0.197. The smallest absolute Gasteiger partial charge is 0.0529 e. The first-order chi connectivity index (χ1) is 8.85. The molecule has 2 unspecified atom stereocenters. The van der Waals surface area contributed by atoms with Gasteiger partial charge in [-0.1, -0.05) is 0 Å². The van der Waals surface area contributed by atoms with Crippen LogP contribution >= 0.6 is 15.8 Å². The highest BCUT2D eigenvalue weighted by Crippen LogP contribution is 2.56. The van der Waals surface area contributed by atoms with Crippen LogP contribution in [0.25, 0.3) is 0 Å². The van der Waals surface area contributed by atoms with Gasteiger partial charge in [0.25, 0.3) is 0 Å². The number of hydrogen-bond donors (Lipinski definition) is 0. The topological polar surface area (TPSA) is 18.5 Å². The van der Waals surface area contributed by atoms with Crippen LogP contribution < -0.4 is 0 Å². The Kier molecular flexibility index (Phi) is 6.87. The third-order valence-electron chi connectivity index (χ3n) is 4.39. The Labute approximate surface area is 115 Å². The van der Waals surface area contributed by atoms with E-state index in [4.69, 9.17) is 9.47 Å². The van der Waals surface area contributed by atoms with Crippen molar-refractivity contribution in [2.75, 3.05) is 52.1 Å². The average Bonchev–Trinajstić information content (AvgIpc) is 2.97. The maximum atomic E-state index is 5.39. The molecule has 0 bridgehead atoms. The monoisotopic (exact) mass is 290 g/mol. The minimum Gasteiger partial charge on any atom is -0.384 e. The summed E-state index contributed by atoms with van der Waals surface area (Å²) < 4.78 is 10.8. The van der Waals surface area contributed by atoms with Crippen molar-refractivity contribution in [2.24, 2.45) is 0 Å². The molecule has 0 aromatic rings. The van der Waals surface area contributed by atoms with Gasteiger partial charge in [-0.15, -0.1) is 15.8 Å². The summed E-state index contributed by atoms with van der Waals surface area (Å²) in [5, 5.41) is 0. The number of ether oxygens (including phenoxy) is 2. The zero-order chi connectivity index (χ0) is 12.8. The van der Waals surface area contributed by atoms with Crippen molar-refractivity contribution >= 4 is 15.8 Å². The second-order valence-corrected chi connectivity index (χ2v) is 11.2. The summed E-state index contributed by atoms with van der Waals surface area (Å²) in [5.74, 6) is 0. The van der Waals surface area contributed by atoms with Crippen LogP contribution in [0.5, 0.6) is 0 Å². The van der Waals surface area contributed by atoms with Gasteiger partial charge in [-0.3, -0.25) is 0 Å². The van der Waals surface area contributed by atoms with Gasteiger partial charge in [0.1, 0.15) is 0 Å². The largest absolute Gasteiger partial charge is 0.384 e. The molecule has 2 fully saturated rings. The van der Waals surface area contributed by atoms with Crippen molar-refractivity contribution in [1.29, 1.82) is 0 Å². The van der Waals surface area contributed by atoms with Gasteiger partial charge in [0.15, 0.2) is 0 Å². The van der Waals surface area contributed by atoms with Gasteiger partial charge in [0, 0.05) is 25.5 Å². The van der Waals surface area contributed by atoms with Gasteiger partial charge in [-0.25, -0.2) is 0 Å². The molecule has 0 aromatic heterocycles. The molecule has 0 aliphatic carbocycles. The fourth-order valence-corrected chi connectivity index (χ4v) is 10.4. The first kappa shape index (κ1) is 15.2. The third-order valence-corrected chi connectivity index (χ3v) is 11.0. The summed E-state index contributed by atoms with van der Waals surface area (Å²) in [5.41, 5.74) is 1.84. The molecule has 2 nitrogen and oxygen atoms in total. The van der Waals surface area contributed by atoms with E-state index in [1.165, 1.54) is 50.3 Å². The Hall–Kier alpha value is 0.780. The van der Waals surface area contributed by atoms with Crippen LogP contribution in [0.4, 0.5) is 0 Å². The maximum Gasteiger partial charge on any atom is 0.0529 e. The number of hydrogen-bond acceptors (Lipinski definition) is 2. The maximum absolute atomic E-state index is 5.39. The van der Waals surface area contributed by atoms with Crippen LogP contribution in [0.1, 0.15) is 25.7 Å². The second kappa shape index (κ2) is 8.15. The Bertz CT molecular complexity index is 214. The Morgan fingerprint density at radius 1 is 0.833 bits per heavy atom. The van der Waals surface area contributed by atoms with Crippen molar-refractivity contribution < 1.29 is 9.47 Å². The van der Waals surface area contributed by atoms with Gasteiger partial charge >= 0.3 is 0 Å². The summed E-state index contributed by atoms with van der Waals surface area (Å²) in [6.45, 7) is 2.04. The van der Waals surface area contributed by atoms with Crippen molar-refractivity contribution in [1.82, 2.24) is 0 Å². The van der Waals surface area contributed by atoms with E-state index in [2.05, 4.69) is 0 Å². The van der Waals surface area contributed by atoms with Gasteiger partial charge < -0.3 is 9.47 Å². The average molecular weight is 290 g/mol. The van der Waals surface area contributed by atoms with Gasteiger partial charge in [-0.2, -0.15) is 0 Å².